The first-order chi connectivity index (χ1) is 7.88. The Kier molecular flexibility index (Phi) is 5.12. The second-order valence-corrected chi connectivity index (χ2v) is 6.62. The van der Waals surface area contributed by atoms with Crippen LogP contribution in [0.4, 0.5) is 0 Å². The molecule has 0 bridgehead atoms. The molecule has 0 spiro atoms. The van der Waals surface area contributed by atoms with E-state index >= 15 is 0 Å². The lowest BCUT2D eigenvalue weighted by Gasteiger charge is -2.20. The zero-order valence-electron chi connectivity index (χ0n) is 9.72. The van der Waals surface area contributed by atoms with Crippen LogP contribution < -0.4 is 4.72 Å². The van der Waals surface area contributed by atoms with Crippen molar-refractivity contribution in [1.82, 2.24) is 4.72 Å². The Balaban J connectivity index is 3.01. The van der Waals surface area contributed by atoms with Crippen LogP contribution in [0.25, 0.3) is 0 Å². The molecular weight excluding hydrogens is 306 g/mol. The summed E-state index contributed by atoms with van der Waals surface area (Å²) < 4.78 is 27.1. The molecule has 0 saturated heterocycles. The third-order valence-electron chi connectivity index (χ3n) is 2.43. The molecule has 0 aromatic heterocycles. The van der Waals surface area contributed by atoms with Crippen LogP contribution in [0.5, 0.6) is 0 Å². The number of nitrogens with one attached hydrogen (secondary N) is 1. The van der Waals surface area contributed by atoms with Gasteiger partial charge in [-0.05, 0) is 34.0 Å². The van der Waals surface area contributed by atoms with Crippen molar-refractivity contribution < 1.29 is 13.5 Å². The highest BCUT2D eigenvalue weighted by Gasteiger charge is 2.23. The molecule has 4 nitrogen and oxygen atoms in total. The summed E-state index contributed by atoms with van der Waals surface area (Å²) in [5.74, 6) is 0.0252. The van der Waals surface area contributed by atoms with Gasteiger partial charge in [0.15, 0.2) is 0 Å². The van der Waals surface area contributed by atoms with Crippen molar-refractivity contribution in [2.75, 3.05) is 6.61 Å². The monoisotopic (exact) mass is 321 g/mol. The van der Waals surface area contributed by atoms with Gasteiger partial charge in [0.05, 0.1) is 11.5 Å². The van der Waals surface area contributed by atoms with Gasteiger partial charge < -0.3 is 5.11 Å². The highest BCUT2D eigenvalue weighted by molar-refractivity contribution is 9.10. The third-order valence-corrected chi connectivity index (χ3v) is 4.94. The number of hydrogen-bond acceptors (Lipinski definition) is 3. The quantitative estimate of drug-likeness (QED) is 0.868. The van der Waals surface area contributed by atoms with Crippen LogP contribution in [0.3, 0.4) is 0 Å². The van der Waals surface area contributed by atoms with Crippen LogP contribution in [0, 0.1) is 5.92 Å². The number of hydrogen-bond donors (Lipinski definition) is 2. The normalized spacial score (nSPS) is 13.9. The Morgan fingerprint density at radius 2 is 1.94 bits per heavy atom. The van der Waals surface area contributed by atoms with Gasteiger partial charge in [0.25, 0.3) is 0 Å². The minimum absolute atomic E-state index is 0.0252. The number of aliphatic hydroxyl groups excluding tert-OH is 1. The van der Waals surface area contributed by atoms with Gasteiger partial charge in [0.2, 0.25) is 10.0 Å². The van der Waals surface area contributed by atoms with Crippen molar-refractivity contribution in [3.63, 3.8) is 0 Å². The maximum atomic E-state index is 12.1. The molecule has 6 heteroatoms. The lowest BCUT2D eigenvalue weighted by Crippen LogP contribution is -2.41. The van der Waals surface area contributed by atoms with Crippen molar-refractivity contribution in [2.24, 2.45) is 5.92 Å². The Morgan fingerprint density at radius 3 is 2.41 bits per heavy atom. The number of halogens is 1. The fourth-order valence-electron chi connectivity index (χ4n) is 1.31. The minimum Gasteiger partial charge on any atom is -0.395 e. The summed E-state index contributed by atoms with van der Waals surface area (Å²) in [6.07, 6.45) is 0. The topological polar surface area (TPSA) is 66.4 Å². The fraction of sp³-hybridized carbons (Fsp3) is 0.455. The summed E-state index contributed by atoms with van der Waals surface area (Å²) in [6, 6.07) is 6.10. The molecule has 0 aliphatic heterocycles. The second kappa shape index (κ2) is 5.95. The van der Waals surface area contributed by atoms with Crippen molar-refractivity contribution in [2.45, 2.75) is 24.8 Å². The van der Waals surface area contributed by atoms with Gasteiger partial charge in [0.1, 0.15) is 0 Å². The van der Waals surface area contributed by atoms with Crippen molar-refractivity contribution in [3.05, 3.63) is 28.7 Å². The van der Waals surface area contributed by atoms with E-state index in [0.717, 1.165) is 0 Å². The molecule has 0 unspecified atom stereocenters. The summed E-state index contributed by atoms with van der Waals surface area (Å²) >= 11 is 3.20. The lowest BCUT2D eigenvalue weighted by atomic mass is 10.1. The Morgan fingerprint density at radius 1 is 1.35 bits per heavy atom. The van der Waals surface area contributed by atoms with Crippen LogP contribution in [-0.4, -0.2) is 26.2 Å². The second-order valence-electron chi connectivity index (χ2n) is 4.08. The van der Waals surface area contributed by atoms with Crippen molar-refractivity contribution in [1.29, 1.82) is 0 Å². The van der Waals surface area contributed by atoms with E-state index in [1.54, 1.807) is 18.2 Å². The zero-order chi connectivity index (χ0) is 13.1. The molecule has 0 aliphatic rings. The van der Waals surface area contributed by atoms with Crippen LogP contribution in [-0.2, 0) is 10.0 Å². The third kappa shape index (κ3) is 3.77. The predicted molar refractivity (Wildman–Crippen MR) is 70.2 cm³/mol. The van der Waals surface area contributed by atoms with Crippen molar-refractivity contribution in [3.8, 4) is 0 Å². The molecule has 0 radical (unpaired) electrons. The van der Waals surface area contributed by atoms with E-state index in [2.05, 4.69) is 20.7 Å². The number of sulfonamides is 1. The predicted octanol–water partition coefficient (Wildman–Crippen LogP) is 1.74. The molecule has 2 N–H and O–H groups in total. The molecule has 17 heavy (non-hydrogen) atoms. The van der Waals surface area contributed by atoms with E-state index in [0.29, 0.717) is 4.47 Å². The molecule has 0 saturated carbocycles. The Hall–Kier alpha value is -0.430. The summed E-state index contributed by atoms with van der Waals surface area (Å²) in [7, 11) is -3.60. The van der Waals surface area contributed by atoms with E-state index < -0.39 is 16.1 Å². The Labute approximate surface area is 110 Å². The summed E-state index contributed by atoms with van der Waals surface area (Å²) in [5.41, 5.74) is 0. The zero-order valence-corrected chi connectivity index (χ0v) is 12.1. The van der Waals surface area contributed by atoms with Crippen molar-refractivity contribution >= 4 is 26.0 Å². The molecule has 1 atom stereocenters. The minimum atomic E-state index is -3.60. The molecule has 0 amide bonds. The van der Waals surface area contributed by atoms with E-state index in [4.69, 9.17) is 5.11 Å². The number of benzene rings is 1. The van der Waals surface area contributed by atoms with E-state index in [9.17, 15) is 8.42 Å². The summed E-state index contributed by atoms with van der Waals surface area (Å²) in [5, 5.41) is 9.14. The first-order valence-electron chi connectivity index (χ1n) is 5.26. The molecule has 0 aliphatic carbocycles. The average molecular weight is 322 g/mol. The van der Waals surface area contributed by atoms with E-state index in [1.165, 1.54) is 6.07 Å². The molecule has 0 fully saturated rings. The standard InChI is InChI=1S/C11H16BrNO3S/c1-8(2)10(7-14)13-17(15,16)11-6-4-3-5-9(11)12/h3-6,8,10,13-14H,7H2,1-2H3/t10-/m1/s1. The van der Waals surface area contributed by atoms with Crippen LogP contribution in [0.15, 0.2) is 33.6 Å². The van der Waals surface area contributed by atoms with E-state index in [-0.39, 0.29) is 17.4 Å². The lowest BCUT2D eigenvalue weighted by molar-refractivity contribution is 0.227. The van der Waals surface area contributed by atoms with Gasteiger partial charge >= 0.3 is 0 Å². The Bertz CT molecular complexity index is 473. The fourth-order valence-corrected chi connectivity index (χ4v) is 3.69. The summed E-state index contributed by atoms with van der Waals surface area (Å²) in [4.78, 5) is 0.180. The SMILES string of the molecule is CC(C)[C@@H](CO)NS(=O)(=O)c1ccccc1Br. The van der Waals surface area contributed by atoms with Gasteiger partial charge in [-0.2, -0.15) is 0 Å². The van der Waals surface area contributed by atoms with E-state index in [1.807, 2.05) is 13.8 Å². The largest absolute Gasteiger partial charge is 0.395 e. The maximum absolute atomic E-state index is 12.1. The van der Waals surface area contributed by atoms with Crippen LogP contribution in [0.1, 0.15) is 13.8 Å². The van der Waals surface area contributed by atoms with Gasteiger partial charge in [-0.15, -0.1) is 0 Å². The van der Waals surface area contributed by atoms with Gasteiger partial charge in [-0.1, -0.05) is 26.0 Å². The first kappa shape index (κ1) is 14.6. The molecule has 1 aromatic rings. The average Bonchev–Trinajstić information content (AvgIpc) is 2.26. The summed E-state index contributed by atoms with van der Waals surface area (Å²) in [6.45, 7) is 3.48. The van der Waals surface area contributed by atoms with Gasteiger partial charge in [0, 0.05) is 10.5 Å². The molecule has 96 valence electrons. The first-order valence-corrected chi connectivity index (χ1v) is 7.54. The molecular formula is C11H16BrNO3S. The molecule has 0 heterocycles. The number of rotatable bonds is 5. The van der Waals surface area contributed by atoms with Crippen LogP contribution >= 0.6 is 15.9 Å². The molecule has 1 rings (SSSR count). The van der Waals surface area contributed by atoms with Gasteiger partial charge in [-0.25, -0.2) is 13.1 Å². The van der Waals surface area contributed by atoms with Crippen LogP contribution in [0.2, 0.25) is 0 Å². The maximum Gasteiger partial charge on any atom is 0.242 e. The number of aliphatic hydroxyl groups is 1. The smallest absolute Gasteiger partial charge is 0.242 e. The molecule has 1 aromatic carbocycles. The highest BCUT2D eigenvalue weighted by atomic mass is 79.9. The van der Waals surface area contributed by atoms with Gasteiger partial charge in [-0.3, -0.25) is 0 Å². The highest BCUT2D eigenvalue weighted by Crippen LogP contribution is 2.21.